The van der Waals surface area contributed by atoms with E-state index < -0.39 is 0 Å². The van der Waals surface area contributed by atoms with Gasteiger partial charge in [0.05, 0.1) is 23.5 Å². The van der Waals surface area contributed by atoms with Crippen LogP contribution in [0.4, 0.5) is 5.69 Å². The molecule has 1 amide bonds. The number of halogens is 1. The maximum atomic E-state index is 13.2. The summed E-state index contributed by atoms with van der Waals surface area (Å²) in [5.41, 5.74) is 5.34. The summed E-state index contributed by atoms with van der Waals surface area (Å²) in [6.45, 7) is 4.59. The van der Waals surface area contributed by atoms with Crippen LogP contribution in [0.25, 0.3) is 16.7 Å². The SMILES string of the molecule is CCCc1ccccc1NC(=O)[C@@H]1CCCN(Cc2nc3ccccc3n2-c2ccc(Br)cc2)C1. The van der Waals surface area contributed by atoms with E-state index in [-0.39, 0.29) is 11.8 Å². The average molecular weight is 531 g/mol. The lowest BCUT2D eigenvalue weighted by molar-refractivity contribution is -0.121. The molecular formula is C29H31BrN4O. The molecular weight excluding hydrogens is 500 g/mol. The minimum atomic E-state index is -0.0241. The number of aryl methyl sites for hydroxylation is 1. The topological polar surface area (TPSA) is 50.2 Å². The van der Waals surface area contributed by atoms with Crippen molar-refractivity contribution in [1.29, 1.82) is 0 Å². The highest BCUT2D eigenvalue weighted by Crippen LogP contribution is 2.26. The van der Waals surface area contributed by atoms with Crippen LogP contribution in [-0.2, 0) is 17.8 Å². The van der Waals surface area contributed by atoms with Crippen LogP contribution in [0.15, 0.2) is 77.3 Å². The van der Waals surface area contributed by atoms with Crippen molar-refractivity contribution in [3.05, 3.63) is 88.7 Å². The third-order valence-corrected chi connectivity index (χ3v) is 7.28. The third-order valence-electron chi connectivity index (χ3n) is 6.75. The molecule has 3 aromatic carbocycles. The summed E-state index contributed by atoms with van der Waals surface area (Å²) in [6.07, 6.45) is 3.96. The Bertz CT molecular complexity index is 1310. The van der Waals surface area contributed by atoms with E-state index >= 15 is 0 Å². The van der Waals surface area contributed by atoms with Crippen molar-refractivity contribution < 1.29 is 4.79 Å². The molecule has 1 atom stereocenters. The van der Waals surface area contributed by atoms with Gasteiger partial charge in [-0.05, 0) is 73.8 Å². The molecule has 5 nitrogen and oxygen atoms in total. The van der Waals surface area contributed by atoms with Crippen LogP contribution >= 0.6 is 15.9 Å². The van der Waals surface area contributed by atoms with E-state index in [1.165, 1.54) is 5.56 Å². The van der Waals surface area contributed by atoms with Gasteiger partial charge in [0.15, 0.2) is 0 Å². The maximum absolute atomic E-state index is 13.2. The van der Waals surface area contributed by atoms with Gasteiger partial charge in [0.25, 0.3) is 0 Å². The first-order valence-electron chi connectivity index (χ1n) is 12.5. The number of carbonyl (C=O) groups is 1. The van der Waals surface area contributed by atoms with Gasteiger partial charge in [0.1, 0.15) is 5.82 Å². The molecule has 1 saturated heterocycles. The second-order valence-electron chi connectivity index (χ2n) is 9.30. The zero-order valence-corrected chi connectivity index (χ0v) is 21.7. The van der Waals surface area contributed by atoms with E-state index in [1.807, 2.05) is 24.3 Å². The normalized spacial score (nSPS) is 16.5. The number of imidazole rings is 1. The number of para-hydroxylation sites is 3. The zero-order chi connectivity index (χ0) is 24.2. The predicted octanol–water partition coefficient (Wildman–Crippen LogP) is 6.59. The van der Waals surface area contributed by atoms with Crippen LogP contribution in [0, 0.1) is 5.92 Å². The van der Waals surface area contributed by atoms with Crippen molar-refractivity contribution in [3.8, 4) is 5.69 Å². The van der Waals surface area contributed by atoms with Crippen LogP contribution in [0.5, 0.6) is 0 Å². The summed E-state index contributed by atoms with van der Waals surface area (Å²) >= 11 is 3.54. The van der Waals surface area contributed by atoms with Gasteiger partial charge in [-0.25, -0.2) is 4.98 Å². The number of piperidine rings is 1. The third kappa shape index (κ3) is 5.34. The molecule has 1 aliphatic heterocycles. The van der Waals surface area contributed by atoms with E-state index in [0.717, 1.165) is 71.5 Å². The Morgan fingerprint density at radius 3 is 2.66 bits per heavy atom. The van der Waals surface area contributed by atoms with E-state index in [0.29, 0.717) is 6.54 Å². The number of nitrogens with zero attached hydrogens (tertiary/aromatic N) is 3. The summed E-state index contributed by atoms with van der Waals surface area (Å²) in [4.78, 5) is 20.6. The molecule has 5 rings (SSSR count). The standard InChI is InChI=1S/C29H31BrN4O/c1-2-8-21-9-3-4-11-25(21)32-29(35)22-10-7-18-33(19-22)20-28-31-26-12-5-6-13-27(26)34(28)24-16-14-23(30)15-17-24/h3-6,9,11-17,22H,2,7-8,10,18-20H2,1H3,(H,32,35)/t22-/m1/s1. The maximum Gasteiger partial charge on any atom is 0.228 e. The first-order valence-corrected chi connectivity index (χ1v) is 13.2. The average Bonchev–Trinajstić information content (AvgIpc) is 3.24. The second-order valence-corrected chi connectivity index (χ2v) is 10.2. The van der Waals surface area contributed by atoms with Gasteiger partial charge >= 0.3 is 0 Å². The number of carbonyl (C=O) groups excluding carboxylic acids is 1. The van der Waals surface area contributed by atoms with Gasteiger partial charge < -0.3 is 5.32 Å². The van der Waals surface area contributed by atoms with Crippen molar-refractivity contribution in [1.82, 2.24) is 14.5 Å². The van der Waals surface area contributed by atoms with Crippen molar-refractivity contribution in [2.45, 2.75) is 39.2 Å². The quantitative estimate of drug-likeness (QED) is 0.293. The number of anilines is 1. The molecule has 0 unspecified atom stereocenters. The summed E-state index contributed by atoms with van der Waals surface area (Å²) in [7, 11) is 0. The highest BCUT2D eigenvalue weighted by Gasteiger charge is 2.27. The molecule has 0 aliphatic carbocycles. The van der Waals surface area contributed by atoms with Gasteiger partial charge in [0.2, 0.25) is 5.91 Å². The Balaban J connectivity index is 1.35. The van der Waals surface area contributed by atoms with Crippen LogP contribution < -0.4 is 5.32 Å². The lowest BCUT2D eigenvalue weighted by Crippen LogP contribution is -2.40. The number of amides is 1. The lowest BCUT2D eigenvalue weighted by Gasteiger charge is -2.32. The van der Waals surface area contributed by atoms with Crippen LogP contribution in [0.2, 0.25) is 0 Å². The fourth-order valence-electron chi connectivity index (χ4n) is 5.04. The lowest BCUT2D eigenvalue weighted by atomic mass is 9.96. The molecule has 35 heavy (non-hydrogen) atoms. The molecule has 1 aromatic heterocycles. The number of fused-ring (bicyclic) bond motifs is 1. The van der Waals surface area contributed by atoms with Crippen LogP contribution in [0.3, 0.4) is 0 Å². The Morgan fingerprint density at radius 1 is 1.06 bits per heavy atom. The number of aromatic nitrogens is 2. The van der Waals surface area contributed by atoms with Gasteiger partial charge in [-0.3, -0.25) is 14.3 Å². The molecule has 0 saturated carbocycles. The van der Waals surface area contributed by atoms with Crippen molar-refractivity contribution in [2.24, 2.45) is 5.92 Å². The number of hydrogen-bond acceptors (Lipinski definition) is 3. The minimum absolute atomic E-state index is 0.0241. The van der Waals surface area contributed by atoms with E-state index in [1.54, 1.807) is 0 Å². The second kappa shape index (κ2) is 10.8. The molecule has 0 bridgehead atoms. The molecule has 1 fully saturated rings. The van der Waals surface area contributed by atoms with E-state index in [9.17, 15) is 4.79 Å². The number of rotatable bonds is 7. The van der Waals surface area contributed by atoms with Crippen molar-refractivity contribution >= 4 is 38.6 Å². The molecule has 0 spiro atoms. The van der Waals surface area contributed by atoms with Crippen molar-refractivity contribution in [3.63, 3.8) is 0 Å². The Morgan fingerprint density at radius 2 is 1.83 bits per heavy atom. The number of hydrogen-bond donors (Lipinski definition) is 1. The van der Waals surface area contributed by atoms with Gasteiger partial charge in [-0.2, -0.15) is 0 Å². The van der Waals surface area contributed by atoms with Crippen LogP contribution in [0.1, 0.15) is 37.6 Å². The fraction of sp³-hybridized carbons (Fsp3) is 0.310. The Labute approximate surface area is 215 Å². The Hall–Kier alpha value is -2.96. The van der Waals surface area contributed by atoms with Crippen molar-refractivity contribution in [2.75, 3.05) is 18.4 Å². The first-order chi connectivity index (χ1) is 17.1. The summed E-state index contributed by atoms with van der Waals surface area (Å²) in [5, 5.41) is 3.22. The van der Waals surface area contributed by atoms with E-state index in [4.69, 9.17) is 4.98 Å². The number of likely N-dealkylation sites (tertiary alicyclic amines) is 1. The largest absolute Gasteiger partial charge is 0.326 e. The van der Waals surface area contributed by atoms with Gasteiger partial charge in [-0.1, -0.05) is 59.6 Å². The summed E-state index contributed by atoms with van der Waals surface area (Å²) in [6, 6.07) is 24.8. The summed E-state index contributed by atoms with van der Waals surface area (Å²) < 4.78 is 3.30. The fourth-order valence-corrected chi connectivity index (χ4v) is 5.30. The minimum Gasteiger partial charge on any atom is -0.326 e. The predicted molar refractivity (Wildman–Crippen MR) is 146 cm³/mol. The van der Waals surface area contributed by atoms with E-state index in [2.05, 4.69) is 86.2 Å². The number of benzene rings is 3. The summed E-state index contributed by atoms with van der Waals surface area (Å²) in [5.74, 6) is 1.10. The molecule has 2 heterocycles. The number of nitrogens with one attached hydrogen (secondary N) is 1. The molecule has 4 aromatic rings. The molecule has 1 N–H and O–H groups in total. The molecule has 0 radical (unpaired) electrons. The molecule has 6 heteroatoms. The molecule has 180 valence electrons. The highest BCUT2D eigenvalue weighted by atomic mass is 79.9. The van der Waals surface area contributed by atoms with Gasteiger partial charge in [0, 0.05) is 22.4 Å². The highest BCUT2D eigenvalue weighted by molar-refractivity contribution is 9.10. The van der Waals surface area contributed by atoms with Gasteiger partial charge in [-0.15, -0.1) is 0 Å². The smallest absolute Gasteiger partial charge is 0.228 e. The van der Waals surface area contributed by atoms with Crippen LogP contribution in [-0.4, -0.2) is 33.4 Å². The zero-order valence-electron chi connectivity index (χ0n) is 20.1. The molecule has 1 aliphatic rings. The Kier molecular flexibility index (Phi) is 7.30. The first kappa shape index (κ1) is 23.8. The monoisotopic (exact) mass is 530 g/mol.